The normalized spacial score (nSPS) is 20.0. The Morgan fingerprint density at radius 2 is 1.61 bits per heavy atom. The second kappa shape index (κ2) is 7.51. The highest BCUT2D eigenvalue weighted by Gasteiger charge is 2.48. The Morgan fingerprint density at radius 1 is 0.935 bits per heavy atom. The van der Waals surface area contributed by atoms with Gasteiger partial charge in [0.1, 0.15) is 0 Å². The largest absolute Gasteiger partial charge is 0.350 e. The maximum atomic E-state index is 13.1. The molecule has 0 amide bonds. The lowest BCUT2D eigenvalue weighted by Gasteiger charge is -2.33. The quantitative estimate of drug-likeness (QED) is 0.254. The Bertz CT molecular complexity index is 1280. The molecule has 1 heterocycles. The molecule has 0 saturated carbocycles. The van der Waals surface area contributed by atoms with Crippen molar-refractivity contribution in [1.82, 2.24) is 4.57 Å². The van der Waals surface area contributed by atoms with Gasteiger partial charge in [0, 0.05) is 41.1 Å². The van der Waals surface area contributed by atoms with Crippen molar-refractivity contribution in [2.75, 3.05) is 0 Å². The van der Waals surface area contributed by atoms with E-state index in [1.54, 1.807) is 12.1 Å². The van der Waals surface area contributed by atoms with Crippen LogP contribution in [0.3, 0.4) is 0 Å². The standard InChI is InChI=1S/C26H22N2O3/c1-27-16-21-24(18-11-6-3-7-12-18)26(28(30)31)20(19-13-8-14-22(27)25(19)21)15-23(29)17-9-4-2-5-10-17/h2-14,16,20,24,26H,15H2,1H3/t20-,24+,26+/m0/s1. The van der Waals surface area contributed by atoms with Crippen molar-refractivity contribution in [1.29, 1.82) is 0 Å². The number of hydrogen-bond acceptors (Lipinski definition) is 3. The zero-order valence-corrected chi connectivity index (χ0v) is 17.1. The summed E-state index contributed by atoms with van der Waals surface area (Å²) in [7, 11) is 1.97. The lowest BCUT2D eigenvalue weighted by molar-refractivity contribution is -0.529. The number of aryl methyl sites for hydroxylation is 1. The summed E-state index contributed by atoms with van der Waals surface area (Å²) < 4.78 is 2.03. The predicted molar refractivity (Wildman–Crippen MR) is 120 cm³/mol. The van der Waals surface area contributed by atoms with Crippen LogP contribution >= 0.6 is 0 Å². The van der Waals surface area contributed by atoms with E-state index in [1.807, 2.05) is 84.5 Å². The fourth-order valence-electron chi connectivity index (χ4n) is 5.13. The molecule has 154 valence electrons. The number of ketones is 1. The number of aromatic nitrogens is 1. The average Bonchev–Trinajstić information content (AvgIpc) is 3.13. The summed E-state index contributed by atoms with van der Waals surface area (Å²) in [5, 5.41) is 13.5. The van der Waals surface area contributed by atoms with Crippen molar-refractivity contribution < 1.29 is 9.72 Å². The molecule has 0 aliphatic heterocycles. The molecular weight excluding hydrogens is 388 g/mol. The summed E-state index contributed by atoms with van der Waals surface area (Å²) in [4.78, 5) is 25.4. The average molecular weight is 410 g/mol. The van der Waals surface area contributed by atoms with Gasteiger partial charge in [0.15, 0.2) is 5.78 Å². The van der Waals surface area contributed by atoms with Crippen LogP contribution in [-0.4, -0.2) is 21.3 Å². The predicted octanol–water partition coefficient (Wildman–Crippen LogP) is 5.33. The van der Waals surface area contributed by atoms with E-state index in [4.69, 9.17) is 0 Å². The lowest BCUT2D eigenvalue weighted by atomic mass is 9.69. The number of Topliss-reactive ketones (excluding diaryl/α,β-unsaturated/α-hetero) is 1. The van der Waals surface area contributed by atoms with Gasteiger partial charge < -0.3 is 4.57 Å². The van der Waals surface area contributed by atoms with Crippen LogP contribution in [0.15, 0.2) is 85.1 Å². The number of nitrogens with zero attached hydrogens (tertiary/aromatic N) is 2. The Labute approximate surface area is 180 Å². The van der Waals surface area contributed by atoms with Gasteiger partial charge in [-0.3, -0.25) is 14.9 Å². The Morgan fingerprint density at radius 3 is 2.29 bits per heavy atom. The molecule has 0 fully saturated rings. The van der Waals surface area contributed by atoms with Crippen molar-refractivity contribution in [3.05, 3.63) is 117 Å². The minimum atomic E-state index is -0.921. The Balaban J connectivity index is 1.72. The molecule has 3 atom stereocenters. The Hall–Kier alpha value is -3.73. The van der Waals surface area contributed by atoms with E-state index >= 15 is 0 Å². The first-order valence-corrected chi connectivity index (χ1v) is 10.4. The topological polar surface area (TPSA) is 65.1 Å². The maximum Gasteiger partial charge on any atom is 0.231 e. The fraction of sp³-hybridized carbons (Fsp3) is 0.192. The lowest BCUT2D eigenvalue weighted by Crippen LogP contribution is -2.38. The van der Waals surface area contributed by atoms with Crippen LogP contribution in [0.5, 0.6) is 0 Å². The molecular formula is C26H22N2O3. The monoisotopic (exact) mass is 410 g/mol. The van der Waals surface area contributed by atoms with Crippen molar-refractivity contribution >= 4 is 16.7 Å². The molecule has 1 aromatic heterocycles. The van der Waals surface area contributed by atoms with E-state index in [0.29, 0.717) is 5.56 Å². The second-order valence-corrected chi connectivity index (χ2v) is 8.20. The van der Waals surface area contributed by atoms with Crippen molar-refractivity contribution in [2.24, 2.45) is 7.05 Å². The highest BCUT2D eigenvalue weighted by Crippen LogP contribution is 2.49. The van der Waals surface area contributed by atoms with E-state index in [1.165, 1.54) is 0 Å². The zero-order valence-electron chi connectivity index (χ0n) is 17.1. The third-order valence-electron chi connectivity index (χ3n) is 6.47. The molecule has 5 rings (SSSR count). The molecule has 31 heavy (non-hydrogen) atoms. The molecule has 0 unspecified atom stereocenters. The molecule has 1 aliphatic rings. The summed E-state index contributed by atoms with van der Waals surface area (Å²) in [6.07, 6.45) is 2.12. The van der Waals surface area contributed by atoms with E-state index in [9.17, 15) is 14.9 Å². The van der Waals surface area contributed by atoms with Crippen molar-refractivity contribution in [3.63, 3.8) is 0 Å². The highest BCUT2D eigenvalue weighted by atomic mass is 16.6. The SMILES string of the molecule is Cn1cc2c3c(cccc31)[C@H](CC(=O)c1ccccc1)[C@@H]([N+](=O)[O-])[C@@H]2c1ccccc1. The summed E-state index contributed by atoms with van der Waals surface area (Å²) in [5.74, 6) is -0.990. The summed E-state index contributed by atoms with van der Waals surface area (Å²) in [6, 6.07) is 23.7. The van der Waals surface area contributed by atoms with Gasteiger partial charge in [-0.2, -0.15) is 0 Å². The summed E-state index contributed by atoms with van der Waals surface area (Å²) >= 11 is 0. The zero-order chi connectivity index (χ0) is 21.5. The molecule has 0 saturated heterocycles. The minimum Gasteiger partial charge on any atom is -0.350 e. The molecule has 3 aromatic carbocycles. The third-order valence-corrected chi connectivity index (χ3v) is 6.47. The van der Waals surface area contributed by atoms with Crippen LogP contribution in [0.1, 0.15) is 45.3 Å². The van der Waals surface area contributed by atoms with Gasteiger partial charge in [0.2, 0.25) is 6.04 Å². The molecule has 0 spiro atoms. The summed E-state index contributed by atoms with van der Waals surface area (Å²) in [5.41, 5.74) is 4.39. The number of carbonyl (C=O) groups excluding carboxylic acids is 1. The van der Waals surface area contributed by atoms with E-state index in [-0.39, 0.29) is 17.1 Å². The molecule has 1 aliphatic carbocycles. The smallest absolute Gasteiger partial charge is 0.231 e. The first-order valence-electron chi connectivity index (χ1n) is 10.4. The van der Waals surface area contributed by atoms with Gasteiger partial charge in [0.25, 0.3) is 0 Å². The first-order chi connectivity index (χ1) is 15.1. The molecule has 0 N–H and O–H groups in total. The van der Waals surface area contributed by atoms with Crippen LogP contribution in [0, 0.1) is 10.1 Å². The van der Waals surface area contributed by atoms with Crippen molar-refractivity contribution in [2.45, 2.75) is 24.3 Å². The number of benzene rings is 3. The van der Waals surface area contributed by atoms with Gasteiger partial charge in [-0.1, -0.05) is 72.8 Å². The molecule has 0 bridgehead atoms. The number of rotatable bonds is 5. The van der Waals surface area contributed by atoms with Gasteiger partial charge in [0.05, 0.1) is 11.8 Å². The fourth-order valence-corrected chi connectivity index (χ4v) is 5.13. The van der Waals surface area contributed by atoms with Gasteiger partial charge >= 0.3 is 0 Å². The molecule has 5 nitrogen and oxygen atoms in total. The number of hydrogen-bond donors (Lipinski definition) is 0. The first kappa shape index (κ1) is 19.2. The third kappa shape index (κ3) is 3.13. The van der Waals surface area contributed by atoms with Gasteiger partial charge in [-0.05, 0) is 22.8 Å². The van der Waals surface area contributed by atoms with Crippen LogP contribution in [0.4, 0.5) is 0 Å². The van der Waals surface area contributed by atoms with Crippen LogP contribution < -0.4 is 0 Å². The molecule has 0 radical (unpaired) electrons. The van der Waals surface area contributed by atoms with Gasteiger partial charge in [-0.15, -0.1) is 0 Å². The number of nitro groups is 1. The van der Waals surface area contributed by atoms with Gasteiger partial charge in [-0.25, -0.2) is 0 Å². The summed E-state index contributed by atoms with van der Waals surface area (Å²) in [6.45, 7) is 0. The maximum absolute atomic E-state index is 13.1. The van der Waals surface area contributed by atoms with Crippen LogP contribution in [0.2, 0.25) is 0 Å². The van der Waals surface area contributed by atoms with Crippen molar-refractivity contribution in [3.8, 4) is 0 Å². The highest BCUT2D eigenvalue weighted by molar-refractivity contribution is 5.98. The van der Waals surface area contributed by atoms with Crippen LogP contribution in [0.25, 0.3) is 10.9 Å². The second-order valence-electron chi connectivity index (χ2n) is 8.20. The van der Waals surface area contributed by atoms with E-state index in [2.05, 4.69) is 0 Å². The molecule has 4 aromatic rings. The van der Waals surface area contributed by atoms with Crippen LogP contribution in [-0.2, 0) is 7.05 Å². The Kier molecular flexibility index (Phi) is 4.66. The minimum absolute atomic E-state index is 0.0688. The number of carbonyl (C=O) groups is 1. The van der Waals surface area contributed by atoms with E-state index in [0.717, 1.165) is 27.6 Å². The molecule has 5 heteroatoms. The van der Waals surface area contributed by atoms with E-state index < -0.39 is 17.9 Å².